The number of allylic oxidation sites excluding steroid dienone is 3. The van der Waals surface area contributed by atoms with E-state index in [0.29, 0.717) is 34.8 Å². The number of anilines is 1. The molecule has 0 unspecified atom stereocenters. The summed E-state index contributed by atoms with van der Waals surface area (Å²) in [7, 11) is 0. The van der Waals surface area contributed by atoms with Crippen molar-refractivity contribution in [3.05, 3.63) is 81.8 Å². The largest absolute Gasteiger partial charge is 0.384 e. The lowest BCUT2D eigenvalue weighted by Crippen LogP contribution is -2.42. The van der Waals surface area contributed by atoms with Crippen molar-refractivity contribution in [2.45, 2.75) is 37.5 Å². The molecule has 2 aliphatic rings. The summed E-state index contributed by atoms with van der Waals surface area (Å²) in [6, 6.07) is 17.7. The number of hydrogen-bond acceptors (Lipinski definition) is 5. The van der Waals surface area contributed by atoms with Crippen molar-refractivity contribution in [3.8, 4) is 6.07 Å². The van der Waals surface area contributed by atoms with E-state index in [1.807, 2.05) is 47.6 Å². The molecule has 0 bridgehead atoms. The minimum absolute atomic E-state index is 0.0735. The molecule has 2 N–H and O–H groups in total. The molecule has 4 nitrogen and oxygen atoms in total. The highest BCUT2D eigenvalue weighted by atomic mass is 35.5. The maximum atomic E-state index is 13.5. The van der Waals surface area contributed by atoms with E-state index in [4.69, 9.17) is 17.3 Å². The first-order valence-corrected chi connectivity index (χ1v) is 11.7. The molecular weight excluding hydrogens is 426 g/mol. The lowest BCUT2D eigenvalue weighted by molar-refractivity contribution is -0.118. The van der Waals surface area contributed by atoms with Crippen LogP contribution in [0.15, 0.2) is 76.1 Å². The fourth-order valence-corrected chi connectivity index (χ4v) is 5.06. The van der Waals surface area contributed by atoms with E-state index in [9.17, 15) is 10.1 Å². The van der Waals surface area contributed by atoms with Crippen LogP contribution in [0.3, 0.4) is 0 Å². The molecule has 0 saturated carbocycles. The third-order valence-corrected chi connectivity index (χ3v) is 6.91. The molecule has 1 atom stereocenters. The second-order valence-corrected chi connectivity index (χ2v) is 10.0. The standard InChI is InChI=1S/C25H24ClN3OS/c1-25(2)12-20-23(21(30)13-25)22(15-4-10-18(31-3)11-5-15)19(14-27)24(28)29(20)17-8-6-16(26)7-9-17/h4-11,22H,12-13,28H2,1-3H3/t22-/m0/s1. The van der Waals surface area contributed by atoms with Gasteiger partial charge in [0.05, 0.1) is 17.6 Å². The highest BCUT2D eigenvalue weighted by molar-refractivity contribution is 7.98. The van der Waals surface area contributed by atoms with Crippen LogP contribution in [0.5, 0.6) is 0 Å². The average Bonchev–Trinajstić information content (AvgIpc) is 2.73. The van der Waals surface area contributed by atoms with E-state index in [2.05, 4.69) is 19.9 Å². The van der Waals surface area contributed by atoms with Crippen LogP contribution < -0.4 is 10.6 Å². The Morgan fingerprint density at radius 1 is 1.13 bits per heavy atom. The maximum Gasteiger partial charge on any atom is 0.162 e. The first-order chi connectivity index (χ1) is 14.8. The summed E-state index contributed by atoms with van der Waals surface area (Å²) < 4.78 is 0. The van der Waals surface area contributed by atoms with Crippen LogP contribution in [0.2, 0.25) is 5.02 Å². The molecule has 158 valence electrons. The summed E-state index contributed by atoms with van der Waals surface area (Å²) in [6.07, 6.45) is 3.15. The summed E-state index contributed by atoms with van der Waals surface area (Å²) >= 11 is 7.75. The van der Waals surface area contributed by atoms with Gasteiger partial charge in [0, 0.05) is 33.3 Å². The highest BCUT2D eigenvalue weighted by Crippen LogP contribution is 2.50. The predicted molar refractivity (Wildman–Crippen MR) is 127 cm³/mol. The van der Waals surface area contributed by atoms with E-state index in [1.54, 1.807) is 23.9 Å². The smallest absolute Gasteiger partial charge is 0.162 e. The van der Waals surface area contributed by atoms with Crippen LogP contribution in [-0.2, 0) is 4.79 Å². The Bertz CT molecular complexity index is 1140. The zero-order valence-corrected chi connectivity index (χ0v) is 19.3. The van der Waals surface area contributed by atoms with E-state index in [0.717, 1.165) is 21.8 Å². The number of nitriles is 1. The second kappa shape index (κ2) is 8.11. The molecular formula is C25H24ClN3OS. The van der Waals surface area contributed by atoms with Gasteiger partial charge in [0.15, 0.2) is 5.78 Å². The third kappa shape index (κ3) is 3.86. The number of halogens is 1. The van der Waals surface area contributed by atoms with Gasteiger partial charge in [-0.1, -0.05) is 37.6 Å². The Kier molecular flexibility index (Phi) is 5.63. The molecule has 1 aliphatic heterocycles. The molecule has 6 heteroatoms. The molecule has 2 aromatic carbocycles. The Labute approximate surface area is 192 Å². The highest BCUT2D eigenvalue weighted by Gasteiger charge is 2.44. The average molecular weight is 450 g/mol. The molecule has 0 radical (unpaired) electrons. The Morgan fingerprint density at radius 2 is 1.77 bits per heavy atom. The number of Topliss-reactive ketones (excluding diaryl/α,β-unsaturated/α-hetero) is 1. The van der Waals surface area contributed by atoms with Gasteiger partial charge in [0.25, 0.3) is 0 Å². The molecule has 1 aliphatic carbocycles. The summed E-state index contributed by atoms with van der Waals surface area (Å²) in [5, 5.41) is 10.7. The lowest BCUT2D eigenvalue weighted by atomic mass is 9.68. The molecule has 0 spiro atoms. The van der Waals surface area contributed by atoms with Crippen molar-refractivity contribution < 1.29 is 4.79 Å². The molecule has 2 aromatic rings. The van der Waals surface area contributed by atoms with Crippen molar-refractivity contribution in [1.29, 1.82) is 5.26 Å². The zero-order chi connectivity index (χ0) is 22.3. The van der Waals surface area contributed by atoms with E-state index >= 15 is 0 Å². The van der Waals surface area contributed by atoms with Crippen LogP contribution in [0.1, 0.15) is 38.2 Å². The van der Waals surface area contributed by atoms with Gasteiger partial charge in [-0.05, 0) is 60.1 Å². The number of benzene rings is 2. The van der Waals surface area contributed by atoms with Crippen molar-refractivity contribution in [2.24, 2.45) is 11.1 Å². The van der Waals surface area contributed by atoms with Crippen molar-refractivity contribution >= 4 is 34.8 Å². The van der Waals surface area contributed by atoms with Gasteiger partial charge in [0.2, 0.25) is 0 Å². The SMILES string of the molecule is CSc1ccc([C@H]2C(C#N)=C(N)N(c3ccc(Cl)cc3)C3=C2C(=O)CC(C)(C)C3)cc1. The summed E-state index contributed by atoms with van der Waals surface area (Å²) in [6.45, 7) is 4.19. The summed E-state index contributed by atoms with van der Waals surface area (Å²) in [4.78, 5) is 16.5. The molecule has 4 rings (SSSR count). The van der Waals surface area contributed by atoms with E-state index in [-0.39, 0.29) is 11.2 Å². The van der Waals surface area contributed by atoms with Crippen molar-refractivity contribution in [1.82, 2.24) is 0 Å². The zero-order valence-electron chi connectivity index (χ0n) is 17.8. The van der Waals surface area contributed by atoms with Crippen LogP contribution >= 0.6 is 23.4 Å². The monoisotopic (exact) mass is 449 g/mol. The molecule has 0 fully saturated rings. The van der Waals surface area contributed by atoms with E-state index in [1.165, 1.54) is 0 Å². The molecule has 0 saturated heterocycles. The number of nitrogens with zero attached hydrogens (tertiary/aromatic N) is 2. The number of rotatable bonds is 3. The fraction of sp³-hybridized carbons (Fsp3) is 0.280. The van der Waals surface area contributed by atoms with Crippen molar-refractivity contribution in [2.75, 3.05) is 11.2 Å². The quantitative estimate of drug-likeness (QED) is 0.581. The number of carbonyl (C=O) groups is 1. The number of hydrogen-bond donors (Lipinski definition) is 1. The van der Waals surface area contributed by atoms with Gasteiger partial charge in [-0.3, -0.25) is 9.69 Å². The van der Waals surface area contributed by atoms with Gasteiger partial charge in [0.1, 0.15) is 5.82 Å². The van der Waals surface area contributed by atoms with Crippen LogP contribution in [-0.4, -0.2) is 12.0 Å². The minimum atomic E-state index is -0.456. The number of ketones is 1. The van der Waals surface area contributed by atoms with Crippen molar-refractivity contribution in [3.63, 3.8) is 0 Å². The first-order valence-electron chi connectivity index (χ1n) is 10.1. The van der Waals surface area contributed by atoms with Gasteiger partial charge < -0.3 is 5.73 Å². The Balaban J connectivity index is 1.96. The first kappa shape index (κ1) is 21.5. The Hall–Kier alpha value is -2.68. The fourth-order valence-electron chi connectivity index (χ4n) is 4.52. The van der Waals surface area contributed by atoms with Gasteiger partial charge >= 0.3 is 0 Å². The maximum absolute atomic E-state index is 13.5. The topological polar surface area (TPSA) is 70.1 Å². The molecule has 0 aromatic heterocycles. The van der Waals surface area contributed by atoms with Crippen LogP contribution in [0, 0.1) is 16.7 Å². The minimum Gasteiger partial charge on any atom is -0.384 e. The lowest BCUT2D eigenvalue weighted by Gasteiger charge is -2.43. The normalized spacial score (nSPS) is 20.5. The Morgan fingerprint density at radius 3 is 2.35 bits per heavy atom. The number of carbonyl (C=O) groups excluding carboxylic acids is 1. The van der Waals surface area contributed by atoms with Crippen LogP contribution in [0.25, 0.3) is 0 Å². The summed E-state index contributed by atoms with van der Waals surface area (Å²) in [5.41, 5.74) is 10.1. The third-order valence-electron chi connectivity index (χ3n) is 5.91. The predicted octanol–water partition coefficient (Wildman–Crippen LogP) is 6.00. The molecule has 1 heterocycles. The van der Waals surface area contributed by atoms with E-state index < -0.39 is 5.92 Å². The summed E-state index contributed by atoms with van der Waals surface area (Å²) in [5.74, 6) is -0.0134. The molecule has 0 amide bonds. The van der Waals surface area contributed by atoms with Crippen LogP contribution in [0.4, 0.5) is 5.69 Å². The number of nitrogens with two attached hydrogens (primary N) is 1. The van der Waals surface area contributed by atoms with Gasteiger partial charge in [-0.25, -0.2) is 0 Å². The van der Waals surface area contributed by atoms with Gasteiger partial charge in [-0.2, -0.15) is 5.26 Å². The second-order valence-electron chi connectivity index (χ2n) is 8.73. The number of thioether (sulfide) groups is 1. The molecule has 31 heavy (non-hydrogen) atoms. The van der Waals surface area contributed by atoms with Gasteiger partial charge in [-0.15, -0.1) is 11.8 Å².